The lowest BCUT2D eigenvalue weighted by molar-refractivity contribution is 0.0219. The van der Waals surface area contributed by atoms with Crippen molar-refractivity contribution in [2.24, 2.45) is 0 Å². The van der Waals surface area contributed by atoms with Gasteiger partial charge in [0.2, 0.25) is 0 Å². The van der Waals surface area contributed by atoms with Crippen molar-refractivity contribution in [1.82, 2.24) is 14.9 Å². The molecular weight excluding hydrogens is 378 g/mol. The molecule has 1 N–H and O–H groups in total. The molecular formula is C20H23N3O2S2. The Morgan fingerprint density at radius 3 is 2.81 bits per heavy atom. The summed E-state index contributed by atoms with van der Waals surface area (Å²) in [5.41, 5.74) is 0.502. The van der Waals surface area contributed by atoms with Crippen LogP contribution in [0.15, 0.2) is 35.8 Å². The Morgan fingerprint density at radius 2 is 2.07 bits per heavy atom. The first-order valence-electron chi connectivity index (χ1n) is 9.09. The number of likely N-dealkylation sites (tertiary alicyclic amines) is 1. The van der Waals surface area contributed by atoms with E-state index in [1.54, 1.807) is 27.6 Å². The van der Waals surface area contributed by atoms with Crippen LogP contribution in [0.3, 0.4) is 0 Å². The van der Waals surface area contributed by atoms with Crippen LogP contribution < -0.4 is 0 Å². The Balaban J connectivity index is 1.53. The van der Waals surface area contributed by atoms with Crippen LogP contribution in [0.1, 0.15) is 45.5 Å². The minimum absolute atomic E-state index is 0.0506. The van der Waals surface area contributed by atoms with Gasteiger partial charge in [0.25, 0.3) is 0 Å². The van der Waals surface area contributed by atoms with Gasteiger partial charge in [-0.3, -0.25) is 4.90 Å². The number of rotatable bonds is 3. The standard InChI is InChI=1S/C20H23N3O2S2/c1-20(2,3)25-19(24)23-10-4-6-14(23)18-21-12-13(22-18)15-8-9-17(27-15)16-7-5-11-26-16/h5,7-9,11-12,14H,4,6,10H2,1-3H3,(H,21,22)/t14-/m0/s1. The van der Waals surface area contributed by atoms with Crippen LogP contribution in [-0.4, -0.2) is 33.1 Å². The Labute approximate surface area is 167 Å². The third-order valence-corrected chi connectivity index (χ3v) is 6.61. The second-order valence-corrected chi connectivity index (χ2v) is 9.69. The topological polar surface area (TPSA) is 58.2 Å². The highest BCUT2D eigenvalue weighted by Crippen LogP contribution is 2.37. The zero-order valence-corrected chi connectivity index (χ0v) is 17.3. The Kier molecular flexibility index (Phi) is 4.82. The fourth-order valence-electron chi connectivity index (χ4n) is 3.26. The summed E-state index contributed by atoms with van der Waals surface area (Å²) < 4.78 is 5.56. The van der Waals surface area contributed by atoms with Crippen molar-refractivity contribution in [1.29, 1.82) is 0 Å². The van der Waals surface area contributed by atoms with Crippen LogP contribution >= 0.6 is 22.7 Å². The van der Waals surface area contributed by atoms with E-state index in [1.807, 2.05) is 27.0 Å². The SMILES string of the molecule is CC(C)(C)OC(=O)N1CCC[C@H]1c1ncc(-c2ccc(-c3cccs3)s2)[nH]1. The van der Waals surface area contributed by atoms with Gasteiger partial charge in [-0.25, -0.2) is 9.78 Å². The number of aromatic nitrogens is 2. The summed E-state index contributed by atoms with van der Waals surface area (Å²) in [4.78, 5) is 26.0. The summed E-state index contributed by atoms with van der Waals surface area (Å²) in [7, 11) is 0. The molecule has 0 aromatic carbocycles. The van der Waals surface area contributed by atoms with Crippen LogP contribution in [0.5, 0.6) is 0 Å². The van der Waals surface area contributed by atoms with E-state index in [1.165, 1.54) is 9.75 Å². The minimum Gasteiger partial charge on any atom is -0.444 e. The zero-order chi connectivity index (χ0) is 19.0. The molecule has 3 aromatic rings. The molecule has 0 bridgehead atoms. The van der Waals surface area contributed by atoms with Gasteiger partial charge in [0.05, 0.1) is 22.8 Å². The Bertz CT molecular complexity index is 921. The van der Waals surface area contributed by atoms with Gasteiger partial charge in [-0.2, -0.15) is 0 Å². The molecule has 1 aliphatic heterocycles. The number of carbonyl (C=O) groups is 1. The molecule has 7 heteroatoms. The molecule has 1 saturated heterocycles. The second-order valence-electron chi connectivity index (χ2n) is 7.66. The number of nitrogens with zero attached hydrogens (tertiary/aromatic N) is 2. The predicted octanol–water partition coefficient (Wildman–Crippen LogP) is 5.94. The minimum atomic E-state index is -0.492. The van der Waals surface area contributed by atoms with Crippen LogP contribution in [0, 0.1) is 0 Å². The number of amides is 1. The Morgan fingerprint density at radius 1 is 1.26 bits per heavy atom. The van der Waals surface area contributed by atoms with Crippen molar-refractivity contribution < 1.29 is 9.53 Å². The first kappa shape index (κ1) is 18.3. The van der Waals surface area contributed by atoms with E-state index in [-0.39, 0.29) is 12.1 Å². The van der Waals surface area contributed by atoms with Crippen LogP contribution in [0.25, 0.3) is 20.3 Å². The van der Waals surface area contributed by atoms with E-state index in [0.717, 1.165) is 29.2 Å². The van der Waals surface area contributed by atoms with Gasteiger partial charge in [-0.1, -0.05) is 6.07 Å². The number of thiophene rings is 2. The summed E-state index contributed by atoms with van der Waals surface area (Å²) in [6.07, 6.45) is 3.46. The summed E-state index contributed by atoms with van der Waals surface area (Å²) in [6, 6.07) is 8.42. The molecule has 0 radical (unpaired) electrons. The number of ether oxygens (including phenoxy) is 1. The normalized spacial score (nSPS) is 17.4. The molecule has 27 heavy (non-hydrogen) atoms. The lowest BCUT2D eigenvalue weighted by Gasteiger charge is -2.27. The molecule has 4 heterocycles. The number of H-pyrrole nitrogens is 1. The van der Waals surface area contributed by atoms with Crippen molar-refractivity contribution in [3.05, 3.63) is 41.7 Å². The van der Waals surface area contributed by atoms with Gasteiger partial charge in [0.15, 0.2) is 0 Å². The fourth-order valence-corrected chi connectivity index (χ4v) is 5.06. The van der Waals surface area contributed by atoms with E-state index in [4.69, 9.17) is 4.74 Å². The number of carbonyl (C=O) groups excluding carboxylic acids is 1. The highest BCUT2D eigenvalue weighted by atomic mass is 32.1. The van der Waals surface area contributed by atoms with Crippen molar-refractivity contribution in [2.45, 2.75) is 45.3 Å². The molecule has 142 valence electrons. The molecule has 0 saturated carbocycles. The van der Waals surface area contributed by atoms with E-state index < -0.39 is 5.60 Å². The Hall–Kier alpha value is -2.12. The number of hydrogen-bond acceptors (Lipinski definition) is 5. The molecule has 1 aliphatic rings. The number of nitrogens with one attached hydrogen (secondary N) is 1. The molecule has 3 aromatic heterocycles. The zero-order valence-electron chi connectivity index (χ0n) is 15.7. The monoisotopic (exact) mass is 401 g/mol. The number of hydrogen-bond donors (Lipinski definition) is 1. The van der Waals surface area contributed by atoms with Gasteiger partial charge in [0, 0.05) is 16.3 Å². The van der Waals surface area contributed by atoms with E-state index in [2.05, 4.69) is 39.6 Å². The molecule has 0 unspecified atom stereocenters. The van der Waals surface area contributed by atoms with Crippen molar-refractivity contribution in [2.75, 3.05) is 6.54 Å². The van der Waals surface area contributed by atoms with Crippen molar-refractivity contribution in [3.8, 4) is 20.3 Å². The lowest BCUT2D eigenvalue weighted by Crippen LogP contribution is -2.36. The average molecular weight is 402 g/mol. The molecule has 1 fully saturated rings. The van der Waals surface area contributed by atoms with Gasteiger partial charge in [0.1, 0.15) is 11.4 Å². The maximum atomic E-state index is 12.5. The van der Waals surface area contributed by atoms with Gasteiger partial charge >= 0.3 is 6.09 Å². The molecule has 0 aliphatic carbocycles. The first-order chi connectivity index (χ1) is 12.9. The van der Waals surface area contributed by atoms with Gasteiger partial charge < -0.3 is 9.72 Å². The van der Waals surface area contributed by atoms with Crippen LogP contribution in [0.2, 0.25) is 0 Å². The molecule has 5 nitrogen and oxygen atoms in total. The third kappa shape index (κ3) is 3.94. The summed E-state index contributed by atoms with van der Waals surface area (Å²) in [5, 5.41) is 2.09. The van der Waals surface area contributed by atoms with Gasteiger partial charge in [-0.05, 0) is 57.2 Å². The third-order valence-electron chi connectivity index (χ3n) is 4.43. The largest absolute Gasteiger partial charge is 0.444 e. The summed E-state index contributed by atoms with van der Waals surface area (Å²) in [5.74, 6) is 0.833. The second kappa shape index (κ2) is 7.13. The molecule has 1 atom stereocenters. The van der Waals surface area contributed by atoms with Crippen LogP contribution in [-0.2, 0) is 4.74 Å². The van der Waals surface area contributed by atoms with E-state index in [9.17, 15) is 4.79 Å². The number of imidazole rings is 1. The lowest BCUT2D eigenvalue weighted by atomic mass is 10.2. The first-order valence-corrected chi connectivity index (χ1v) is 10.8. The quantitative estimate of drug-likeness (QED) is 0.591. The number of aromatic amines is 1. The summed E-state index contributed by atoms with van der Waals surface area (Å²) in [6.45, 7) is 6.38. The van der Waals surface area contributed by atoms with E-state index in [0.29, 0.717) is 6.54 Å². The van der Waals surface area contributed by atoms with Crippen molar-refractivity contribution >= 4 is 28.8 Å². The molecule has 1 amide bonds. The van der Waals surface area contributed by atoms with E-state index >= 15 is 0 Å². The van der Waals surface area contributed by atoms with Crippen molar-refractivity contribution in [3.63, 3.8) is 0 Å². The molecule has 0 spiro atoms. The average Bonchev–Trinajstić information content (AvgIpc) is 3.39. The predicted molar refractivity (Wildman–Crippen MR) is 110 cm³/mol. The summed E-state index contributed by atoms with van der Waals surface area (Å²) >= 11 is 3.49. The smallest absolute Gasteiger partial charge is 0.410 e. The fraction of sp³-hybridized carbons (Fsp3) is 0.400. The van der Waals surface area contributed by atoms with Gasteiger partial charge in [-0.15, -0.1) is 22.7 Å². The highest BCUT2D eigenvalue weighted by Gasteiger charge is 2.34. The highest BCUT2D eigenvalue weighted by molar-refractivity contribution is 7.23. The molecule has 4 rings (SSSR count). The van der Waals surface area contributed by atoms with Crippen LogP contribution in [0.4, 0.5) is 4.79 Å². The maximum Gasteiger partial charge on any atom is 0.410 e. The maximum absolute atomic E-state index is 12.5.